The predicted molar refractivity (Wildman–Crippen MR) is 82.0 cm³/mol. The molecule has 5 atom stereocenters. The number of hydrogen-bond donors (Lipinski definition) is 0. The molecule has 0 unspecified atom stereocenters. The van der Waals surface area contributed by atoms with Crippen molar-refractivity contribution >= 4 is 17.3 Å². The van der Waals surface area contributed by atoms with Crippen LogP contribution in [0.2, 0.25) is 0 Å². The number of hydrogen-bond acceptors (Lipinski definition) is 3. The first-order chi connectivity index (χ1) is 10.4. The SMILES string of the molecule is C[C@]12C=CC(=O)C=C1CC(=O)[C@@H]1[C@@H]2CC[C@]2(C)C(=O)CC[C@@H]12. The zero-order valence-electron chi connectivity index (χ0n) is 13.2. The molecule has 3 heteroatoms. The van der Waals surface area contributed by atoms with Gasteiger partial charge >= 0.3 is 0 Å². The van der Waals surface area contributed by atoms with Gasteiger partial charge in [-0.05, 0) is 48.8 Å². The Morgan fingerprint density at radius 3 is 2.64 bits per heavy atom. The van der Waals surface area contributed by atoms with Crippen molar-refractivity contribution in [3.8, 4) is 0 Å². The molecule has 0 heterocycles. The van der Waals surface area contributed by atoms with Crippen LogP contribution < -0.4 is 0 Å². The van der Waals surface area contributed by atoms with Crippen molar-refractivity contribution < 1.29 is 14.4 Å². The largest absolute Gasteiger partial charge is 0.299 e. The standard InChI is InChI=1S/C19H22O3/c1-18-7-5-12(20)9-11(18)10-15(21)17-13-3-4-16(22)19(13,2)8-6-14(17)18/h5,7,9,13-14,17H,3-4,6,8,10H2,1-2H3/t13-,14-,17-,18-,19-/m0/s1. The second-order valence-electron chi connectivity index (χ2n) is 7.99. The molecular weight excluding hydrogens is 276 g/mol. The summed E-state index contributed by atoms with van der Waals surface area (Å²) < 4.78 is 0. The molecule has 0 bridgehead atoms. The minimum absolute atomic E-state index is 0.00424. The highest BCUT2D eigenvalue weighted by Gasteiger charge is 2.60. The molecule has 116 valence electrons. The second kappa shape index (κ2) is 4.27. The van der Waals surface area contributed by atoms with E-state index in [0.29, 0.717) is 18.6 Å². The molecule has 0 aliphatic heterocycles. The monoisotopic (exact) mass is 298 g/mol. The maximum absolute atomic E-state index is 12.8. The zero-order chi connectivity index (χ0) is 15.7. The molecule has 4 aliphatic rings. The molecule has 4 rings (SSSR count). The van der Waals surface area contributed by atoms with Gasteiger partial charge < -0.3 is 0 Å². The molecule has 0 N–H and O–H groups in total. The van der Waals surface area contributed by atoms with Gasteiger partial charge in [-0.1, -0.05) is 19.9 Å². The van der Waals surface area contributed by atoms with Gasteiger partial charge in [-0.2, -0.15) is 0 Å². The molecule has 0 aromatic rings. The second-order valence-corrected chi connectivity index (χ2v) is 7.99. The molecule has 22 heavy (non-hydrogen) atoms. The molecule has 0 radical (unpaired) electrons. The van der Waals surface area contributed by atoms with Crippen LogP contribution in [-0.2, 0) is 14.4 Å². The molecule has 0 spiro atoms. The molecule has 0 amide bonds. The van der Waals surface area contributed by atoms with E-state index in [1.54, 1.807) is 12.2 Å². The first kappa shape index (κ1) is 14.1. The van der Waals surface area contributed by atoms with Crippen LogP contribution in [0, 0.1) is 28.6 Å². The van der Waals surface area contributed by atoms with Crippen molar-refractivity contribution in [1.82, 2.24) is 0 Å². The van der Waals surface area contributed by atoms with Crippen LogP contribution in [0.3, 0.4) is 0 Å². The van der Waals surface area contributed by atoms with Gasteiger partial charge in [0.15, 0.2) is 5.78 Å². The third kappa shape index (κ3) is 1.60. The van der Waals surface area contributed by atoms with Crippen molar-refractivity contribution in [1.29, 1.82) is 0 Å². The summed E-state index contributed by atoms with van der Waals surface area (Å²) in [4.78, 5) is 36.9. The summed E-state index contributed by atoms with van der Waals surface area (Å²) in [5.41, 5.74) is 0.515. The third-order valence-electron chi connectivity index (χ3n) is 7.09. The topological polar surface area (TPSA) is 51.2 Å². The lowest BCUT2D eigenvalue weighted by atomic mass is 9.48. The highest BCUT2D eigenvalue weighted by molar-refractivity contribution is 6.03. The Morgan fingerprint density at radius 1 is 1.09 bits per heavy atom. The molecular formula is C19H22O3. The van der Waals surface area contributed by atoms with Crippen LogP contribution in [0.25, 0.3) is 0 Å². The number of carbonyl (C=O) groups is 3. The van der Waals surface area contributed by atoms with Crippen molar-refractivity contribution in [3.63, 3.8) is 0 Å². The number of allylic oxidation sites excluding steroid dienone is 4. The quantitative estimate of drug-likeness (QED) is 0.690. The lowest BCUT2D eigenvalue weighted by molar-refractivity contribution is -0.141. The Hall–Kier alpha value is -1.51. The van der Waals surface area contributed by atoms with E-state index in [9.17, 15) is 14.4 Å². The van der Waals surface area contributed by atoms with Gasteiger partial charge in [-0.25, -0.2) is 0 Å². The fourth-order valence-corrected chi connectivity index (χ4v) is 5.68. The van der Waals surface area contributed by atoms with E-state index in [4.69, 9.17) is 0 Å². The van der Waals surface area contributed by atoms with Crippen LogP contribution in [-0.4, -0.2) is 17.3 Å². The summed E-state index contributed by atoms with van der Waals surface area (Å²) in [5, 5.41) is 0. The maximum atomic E-state index is 12.8. The first-order valence-electron chi connectivity index (χ1n) is 8.36. The minimum Gasteiger partial charge on any atom is -0.299 e. The predicted octanol–water partition coefficient (Wildman–Crippen LogP) is 3.04. The van der Waals surface area contributed by atoms with Gasteiger partial charge in [0.25, 0.3) is 0 Å². The minimum atomic E-state index is -0.289. The molecule has 0 aromatic carbocycles. The lowest BCUT2D eigenvalue weighted by Gasteiger charge is -2.54. The Bertz CT molecular complexity index is 656. The molecule has 0 aromatic heterocycles. The molecule has 0 saturated heterocycles. The number of carbonyl (C=O) groups excluding carboxylic acids is 3. The van der Waals surface area contributed by atoms with E-state index >= 15 is 0 Å². The fraction of sp³-hybridized carbons (Fsp3) is 0.632. The molecule has 3 fully saturated rings. The van der Waals surface area contributed by atoms with Crippen LogP contribution in [0.15, 0.2) is 23.8 Å². The van der Waals surface area contributed by atoms with E-state index < -0.39 is 0 Å². The van der Waals surface area contributed by atoms with Gasteiger partial charge in [0.05, 0.1) is 0 Å². The van der Waals surface area contributed by atoms with Crippen LogP contribution in [0.5, 0.6) is 0 Å². The van der Waals surface area contributed by atoms with Crippen molar-refractivity contribution in [2.45, 2.75) is 46.0 Å². The van der Waals surface area contributed by atoms with Gasteiger partial charge in [-0.3, -0.25) is 14.4 Å². The van der Waals surface area contributed by atoms with Crippen molar-refractivity contribution in [2.24, 2.45) is 28.6 Å². The number of rotatable bonds is 0. The average Bonchev–Trinajstić information content (AvgIpc) is 2.77. The van der Waals surface area contributed by atoms with Gasteiger partial charge in [0, 0.05) is 29.6 Å². The van der Waals surface area contributed by atoms with Crippen LogP contribution >= 0.6 is 0 Å². The smallest absolute Gasteiger partial charge is 0.178 e. The van der Waals surface area contributed by atoms with Crippen molar-refractivity contribution in [2.75, 3.05) is 0 Å². The summed E-state index contributed by atoms with van der Waals surface area (Å²) in [7, 11) is 0. The summed E-state index contributed by atoms with van der Waals surface area (Å²) >= 11 is 0. The Morgan fingerprint density at radius 2 is 1.86 bits per heavy atom. The average molecular weight is 298 g/mol. The summed E-state index contributed by atoms with van der Waals surface area (Å²) in [6.45, 7) is 4.25. The van der Waals surface area contributed by atoms with E-state index in [0.717, 1.165) is 24.8 Å². The Kier molecular flexibility index (Phi) is 2.74. The first-order valence-corrected chi connectivity index (χ1v) is 8.36. The van der Waals surface area contributed by atoms with E-state index in [1.807, 2.05) is 6.08 Å². The summed E-state index contributed by atoms with van der Waals surface area (Å²) in [6.07, 6.45) is 9.01. The van der Waals surface area contributed by atoms with E-state index in [-0.39, 0.29) is 40.2 Å². The Balaban J connectivity index is 1.78. The third-order valence-corrected chi connectivity index (χ3v) is 7.09. The van der Waals surface area contributed by atoms with Crippen LogP contribution in [0.4, 0.5) is 0 Å². The van der Waals surface area contributed by atoms with E-state index in [2.05, 4.69) is 13.8 Å². The number of fused-ring (bicyclic) bond motifs is 5. The molecule has 4 aliphatic carbocycles. The highest BCUT2D eigenvalue weighted by Crippen LogP contribution is 2.62. The number of ketones is 3. The summed E-state index contributed by atoms with van der Waals surface area (Å²) in [5.74, 6) is 1.04. The van der Waals surface area contributed by atoms with Crippen LogP contribution in [0.1, 0.15) is 46.0 Å². The van der Waals surface area contributed by atoms with E-state index in [1.165, 1.54) is 0 Å². The normalized spacial score (nSPS) is 46.9. The van der Waals surface area contributed by atoms with Gasteiger partial charge in [-0.15, -0.1) is 0 Å². The zero-order valence-corrected chi connectivity index (χ0v) is 13.2. The van der Waals surface area contributed by atoms with Gasteiger partial charge in [0.2, 0.25) is 0 Å². The fourth-order valence-electron chi connectivity index (χ4n) is 5.68. The Labute approximate surface area is 130 Å². The number of Topliss-reactive ketones (excluding diaryl/α,β-unsaturated/α-hetero) is 2. The molecule has 3 nitrogen and oxygen atoms in total. The highest BCUT2D eigenvalue weighted by atomic mass is 16.1. The van der Waals surface area contributed by atoms with Gasteiger partial charge in [0.1, 0.15) is 11.6 Å². The van der Waals surface area contributed by atoms with Crippen molar-refractivity contribution in [3.05, 3.63) is 23.8 Å². The maximum Gasteiger partial charge on any atom is 0.178 e. The molecule has 3 saturated carbocycles. The lowest BCUT2D eigenvalue weighted by Crippen LogP contribution is -2.53. The summed E-state index contributed by atoms with van der Waals surface area (Å²) in [6, 6.07) is 0.